The van der Waals surface area contributed by atoms with Gasteiger partial charge in [0.1, 0.15) is 18.3 Å². The number of sulfonamides is 1. The quantitative estimate of drug-likeness (QED) is 0.523. The summed E-state index contributed by atoms with van der Waals surface area (Å²) in [5, 5.41) is 3.44. The van der Waals surface area contributed by atoms with Crippen LogP contribution < -0.4 is 14.4 Å². The number of methoxy groups -OCH3 is 1. The van der Waals surface area contributed by atoms with Gasteiger partial charge in [-0.1, -0.05) is 41.4 Å². The fourth-order valence-corrected chi connectivity index (χ4v) is 4.49. The summed E-state index contributed by atoms with van der Waals surface area (Å²) in [5.74, 6) is -0.671. The lowest BCUT2D eigenvalue weighted by Crippen LogP contribution is -2.51. The second kappa shape index (κ2) is 11.6. The minimum absolute atomic E-state index is 0.0172. The van der Waals surface area contributed by atoms with Gasteiger partial charge in [-0.25, -0.2) is 8.42 Å². The van der Waals surface area contributed by atoms with Crippen LogP contribution in [0.1, 0.15) is 19.4 Å². The number of benzene rings is 2. The molecule has 180 valence electrons. The third-order valence-corrected chi connectivity index (χ3v) is 6.62. The number of hydrogen-bond donors (Lipinski definition) is 1. The van der Waals surface area contributed by atoms with Crippen LogP contribution in [-0.2, 0) is 26.2 Å². The van der Waals surface area contributed by atoms with Crippen molar-refractivity contribution in [1.82, 2.24) is 10.2 Å². The Bertz CT molecular complexity index is 1110. The average Bonchev–Trinajstić information content (AvgIpc) is 2.75. The number of nitrogens with one attached hydrogen (secondary N) is 1. The Balaban J connectivity index is 2.45. The number of ether oxygens (including phenoxy) is 1. The lowest BCUT2D eigenvalue weighted by Gasteiger charge is -2.32. The third-order valence-electron chi connectivity index (χ3n) is 4.91. The molecule has 0 heterocycles. The number of likely N-dealkylation sites (N-methyl/N-ethyl adjacent to an activating group) is 1. The van der Waals surface area contributed by atoms with Gasteiger partial charge >= 0.3 is 0 Å². The van der Waals surface area contributed by atoms with Crippen molar-refractivity contribution in [2.75, 3.05) is 30.8 Å². The van der Waals surface area contributed by atoms with Crippen molar-refractivity contribution in [2.24, 2.45) is 0 Å². The molecule has 2 rings (SSSR count). The van der Waals surface area contributed by atoms with Gasteiger partial charge < -0.3 is 15.0 Å². The van der Waals surface area contributed by atoms with E-state index in [1.807, 2.05) is 0 Å². The molecule has 2 aromatic carbocycles. The first-order valence-corrected chi connectivity index (χ1v) is 12.7. The number of amides is 2. The van der Waals surface area contributed by atoms with E-state index in [1.54, 1.807) is 50.2 Å². The molecule has 0 bridgehead atoms. The molecule has 1 N–H and O–H groups in total. The summed E-state index contributed by atoms with van der Waals surface area (Å²) in [6, 6.07) is 10.4. The summed E-state index contributed by atoms with van der Waals surface area (Å²) in [4.78, 5) is 27.3. The molecule has 0 saturated heterocycles. The highest BCUT2D eigenvalue weighted by atomic mass is 35.5. The van der Waals surface area contributed by atoms with E-state index in [0.29, 0.717) is 27.9 Å². The van der Waals surface area contributed by atoms with Gasteiger partial charge in [0.2, 0.25) is 21.8 Å². The van der Waals surface area contributed by atoms with Crippen LogP contribution in [0.4, 0.5) is 5.69 Å². The van der Waals surface area contributed by atoms with Crippen LogP contribution in [0.5, 0.6) is 5.75 Å². The molecule has 0 spiro atoms. The standard InChI is InChI=1S/C22H27Cl2N3O5S/c1-5-25-22(29)15(2)26(13-16-10-11-17(23)12-18(16)24)21(28)14-27(33(4,30)31)19-8-6-7-9-20(19)32-3/h6-12,15H,5,13-14H2,1-4H3,(H,25,29). The predicted molar refractivity (Wildman–Crippen MR) is 130 cm³/mol. The first-order chi connectivity index (χ1) is 15.5. The molecule has 0 saturated carbocycles. The second-order valence-corrected chi connectivity index (χ2v) is 10.0. The molecule has 0 aliphatic rings. The fourth-order valence-electron chi connectivity index (χ4n) is 3.17. The smallest absolute Gasteiger partial charge is 0.244 e. The van der Waals surface area contributed by atoms with E-state index in [2.05, 4.69) is 5.32 Å². The van der Waals surface area contributed by atoms with Crippen molar-refractivity contribution < 1.29 is 22.7 Å². The summed E-state index contributed by atoms with van der Waals surface area (Å²) in [6.45, 7) is 3.16. The summed E-state index contributed by atoms with van der Waals surface area (Å²) in [6.07, 6.45) is 1.00. The van der Waals surface area contributed by atoms with E-state index in [-0.39, 0.29) is 18.1 Å². The lowest BCUT2D eigenvalue weighted by molar-refractivity contribution is -0.139. The Morgan fingerprint density at radius 2 is 1.82 bits per heavy atom. The molecule has 0 aromatic heterocycles. The number of para-hydroxylation sites is 2. The normalized spacial score (nSPS) is 12.1. The van der Waals surface area contributed by atoms with Crippen LogP contribution in [0, 0.1) is 0 Å². The summed E-state index contributed by atoms with van der Waals surface area (Å²) in [5.41, 5.74) is 0.778. The van der Waals surface area contributed by atoms with E-state index in [1.165, 1.54) is 18.1 Å². The molecular weight excluding hydrogens is 489 g/mol. The van der Waals surface area contributed by atoms with Gasteiger partial charge in [-0.05, 0) is 43.7 Å². The SMILES string of the molecule is CCNC(=O)C(C)N(Cc1ccc(Cl)cc1Cl)C(=O)CN(c1ccccc1OC)S(C)(=O)=O. The molecule has 0 radical (unpaired) electrons. The van der Waals surface area contributed by atoms with Crippen LogP contribution in [0.25, 0.3) is 0 Å². The lowest BCUT2D eigenvalue weighted by atomic mass is 10.1. The molecule has 11 heteroatoms. The maximum absolute atomic E-state index is 13.4. The summed E-state index contributed by atoms with van der Waals surface area (Å²) < 4.78 is 31.4. The molecule has 33 heavy (non-hydrogen) atoms. The van der Waals surface area contributed by atoms with Gasteiger partial charge in [-0.2, -0.15) is 0 Å². The van der Waals surface area contributed by atoms with Crippen molar-refractivity contribution in [3.05, 3.63) is 58.1 Å². The summed E-state index contributed by atoms with van der Waals surface area (Å²) in [7, 11) is -2.45. The number of carbonyl (C=O) groups is 2. The van der Waals surface area contributed by atoms with Crippen LogP contribution in [0.2, 0.25) is 10.0 Å². The molecule has 2 amide bonds. The highest BCUT2D eigenvalue weighted by Crippen LogP contribution is 2.30. The Hall–Kier alpha value is -2.49. The average molecular weight is 516 g/mol. The molecule has 8 nitrogen and oxygen atoms in total. The zero-order valence-corrected chi connectivity index (χ0v) is 21.2. The van der Waals surface area contributed by atoms with Gasteiger partial charge in [0.15, 0.2) is 0 Å². The fraction of sp³-hybridized carbons (Fsp3) is 0.364. The molecule has 1 unspecified atom stereocenters. The largest absolute Gasteiger partial charge is 0.495 e. The maximum atomic E-state index is 13.4. The van der Waals surface area contributed by atoms with Crippen LogP contribution in [-0.4, -0.2) is 57.6 Å². The number of hydrogen-bond acceptors (Lipinski definition) is 5. The van der Waals surface area contributed by atoms with Crippen molar-refractivity contribution in [2.45, 2.75) is 26.4 Å². The van der Waals surface area contributed by atoms with Gasteiger partial charge in [-0.3, -0.25) is 13.9 Å². The third kappa shape index (κ3) is 6.99. The number of rotatable bonds is 10. The summed E-state index contributed by atoms with van der Waals surface area (Å²) >= 11 is 12.3. The molecule has 1 atom stereocenters. The van der Waals surface area contributed by atoms with E-state index in [9.17, 15) is 18.0 Å². The predicted octanol–water partition coefficient (Wildman–Crippen LogP) is 3.32. The zero-order chi connectivity index (χ0) is 24.8. The zero-order valence-electron chi connectivity index (χ0n) is 18.8. The van der Waals surface area contributed by atoms with Gasteiger partial charge in [-0.15, -0.1) is 0 Å². The van der Waals surface area contributed by atoms with Gasteiger partial charge in [0.25, 0.3) is 0 Å². The molecule has 0 aliphatic carbocycles. The van der Waals surface area contributed by atoms with Crippen LogP contribution in [0.15, 0.2) is 42.5 Å². The first-order valence-electron chi connectivity index (χ1n) is 10.1. The molecule has 2 aromatic rings. The van der Waals surface area contributed by atoms with Gasteiger partial charge in [0, 0.05) is 23.1 Å². The Labute approximate surface area is 204 Å². The number of anilines is 1. The van der Waals surface area contributed by atoms with Crippen LogP contribution >= 0.6 is 23.2 Å². The van der Waals surface area contributed by atoms with E-state index < -0.39 is 28.5 Å². The minimum atomic E-state index is -3.86. The maximum Gasteiger partial charge on any atom is 0.244 e. The molecular formula is C22H27Cl2N3O5S. The van der Waals surface area contributed by atoms with Gasteiger partial charge in [0.05, 0.1) is 19.1 Å². The van der Waals surface area contributed by atoms with E-state index in [4.69, 9.17) is 27.9 Å². The Morgan fingerprint density at radius 1 is 1.15 bits per heavy atom. The van der Waals surface area contributed by atoms with E-state index >= 15 is 0 Å². The Kier molecular flexibility index (Phi) is 9.39. The van der Waals surface area contributed by atoms with Crippen molar-refractivity contribution in [3.8, 4) is 5.75 Å². The first kappa shape index (κ1) is 26.8. The van der Waals surface area contributed by atoms with Crippen molar-refractivity contribution in [3.63, 3.8) is 0 Å². The highest BCUT2D eigenvalue weighted by Gasteiger charge is 2.31. The number of halogens is 2. The second-order valence-electron chi connectivity index (χ2n) is 7.27. The monoisotopic (exact) mass is 515 g/mol. The topological polar surface area (TPSA) is 96.0 Å². The van der Waals surface area contributed by atoms with Crippen LogP contribution in [0.3, 0.4) is 0 Å². The molecule has 0 fully saturated rings. The van der Waals surface area contributed by atoms with Crippen molar-refractivity contribution in [1.29, 1.82) is 0 Å². The Morgan fingerprint density at radius 3 is 2.39 bits per heavy atom. The minimum Gasteiger partial charge on any atom is -0.495 e. The van der Waals surface area contributed by atoms with Crippen molar-refractivity contribution >= 4 is 50.7 Å². The number of carbonyl (C=O) groups excluding carboxylic acids is 2. The highest BCUT2D eigenvalue weighted by molar-refractivity contribution is 7.92. The van der Waals surface area contributed by atoms with E-state index in [0.717, 1.165) is 10.6 Å². The number of nitrogens with zero attached hydrogens (tertiary/aromatic N) is 2. The molecule has 0 aliphatic heterocycles.